The molecule has 0 bridgehead atoms. The van der Waals surface area contributed by atoms with Crippen LogP contribution in [0.5, 0.6) is 0 Å². The molecule has 0 amide bonds. The average Bonchev–Trinajstić information content (AvgIpc) is 2.84. The molecule has 0 aromatic heterocycles. The first-order valence-electron chi connectivity index (χ1n) is 6.94. The third-order valence-electron chi connectivity index (χ3n) is 3.00. The van der Waals surface area contributed by atoms with E-state index in [1.54, 1.807) is 0 Å². The van der Waals surface area contributed by atoms with Crippen molar-refractivity contribution < 1.29 is 31.4 Å². The molecule has 1 fully saturated rings. The zero-order valence-corrected chi connectivity index (χ0v) is 12.3. The van der Waals surface area contributed by atoms with Crippen LogP contribution in [-0.4, -0.2) is 23.1 Å². The lowest BCUT2D eigenvalue weighted by Gasteiger charge is -2.34. The summed E-state index contributed by atoms with van der Waals surface area (Å²) in [6, 6.07) is 0. The molecule has 1 nitrogen and oxygen atoms in total. The van der Waals surface area contributed by atoms with Crippen LogP contribution >= 0.6 is 0 Å². The summed E-state index contributed by atoms with van der Waals surface area (Å²) in [6.07, 6.45) is -10.8. The Morgan fingerprint density at radius 2 is 1.10 bits per heavy atom. The van der Waals surface area contributed by atoms with Gasteiger partial charge in [0.2, 0.25) is 0 Å². The van der Waals surface area contributed by atoms with Crippen LogP contribution in [0.15, 0.2) is 0 Å². The van der Waals surface area contributed by atoms with E-state index in [9.17, 15) is 26.3 Å². The van der Waals surface area contributed by atoms with Crippen LogP contribution in [0.1, 0.15) is 59.8 Å². The number of hydrogen-bond acceptors (Lipinski definition) is 1. The van der Waals surface area contributed by atoms with Gasteiger partial charge in [-0.25, -0.2) is 0 Å². The molecule has 7 heteroatoms. The minimum atomic E-state index is -5.67. The zero-order chi connectivity index (χ0) is 16.6. The topological polar surface area (TPSA) is 20.2 Å². The summed E-state index contributed by atoms with van der Waals surface area (Å²) in [6.45, 7) is 8.00. The van der Waals surface area contributed by atoms with Crippen LogP contribution < -0.4 is 0 Å². The predicted molar refractivity (Wildman–Crippen MR) is 66.3 cm³/mol. The van der Waals surface area contributed by atoms with Crippen LogP contribution in [0.4, 0.5) is 26.3 Å². The van der Waals surface area contributed by atoms with Crippen LogP contribution in [0.25, 0.3) is 0 Å². The Morgan fingerprint density at radius 1 is 0.800 bits per heavy atom. The second kappa shape index (κ2) is 8.74. The van der Waals surface area contributed by atoms with Crippen molar-refractivity contribution in [2.45, 2.75) is 77.8 Å². The second-order valence-corrected chi connectivity index (χ2v) is 4.21. The molecule has 0 aromatic carbocycles. The van der Waals surface area contributed by atoms with Crippen molar-refractivity contribution in [2.24, 2.45) is 5.92 Å². The third-order valence-corrected chi connectivity index (χ3v) is 3.00. The number of alkyl halides is 6. The highest BCUT2D eigenvalue weighted by Gasteiger charge is 2.70. The molecule has 0 radical (unpaired) electrons. The molecule has 1 aliphatic carbocycles. The molecular formula is C13H24F6O. The molecule has 0 unspecified atom stereocenters. The van der Waals surface area contributed by atoms with Crippen molar-refractivity contribution in [2.75, 3.05) is 0 Å². The molecule has 1 aliphatic rings. The van der Waals surface area contributed by atoms with Gasteiger partial charge in [-0.15, -0.1) is 0 Å². The minimum absolute atomic E-state index is 0.314. The van der Waals surface area contributed by atoms with Gasteiger partial charge >= 0.3 is 12.4 Å². The van der Waals surface area contributed by atoms with Gasteiger partial charge in [0.25, 0.3) is 5.60 Å². The lowest BCUT2D eigenvalue weighted by molar-refractivity contribution is -0.372. The fraction of sp³-hybridized carbons (Fsp3) is 1.00. The molecule has 1 saturated carbocycles. The maximum atomic E-state index is 12.3. The molecule has 0 saturated heterocycles. The molecule has 0 aromatic rings. The number of rotatable bonds is 2. The molecule has 1 N–H and O–H groups in total. The summed E-state index contributed by atoms with van der Waals surface area (Å²) in [4.78, 5) is 0. The standard InChI is InChI=1S/C9H12F6O.2C2H6/c10-8(11,12)7(16,9(13,14)15)5-6-3-1-2-4-6;2*1-2/h6,16H,1-5H2;2*1-2H3. The van der Waals surface area contributed by atoms with Crippen molar-refractivity contribution in [1.29, 1.82) is 0 Å². The van der Waals surface area contributed by atoms with Gasteiger partial charge < -0.3 is 5.11 Å². The molecule has 0 aliphatic heterocycles. The van der Waals surface area contributed by atoms with E-state index in [0.717, 1.165) is 0 Å². The van der Waals surface area contributed by atoms with E-state index in [-0.39, 0.29) is 0 Å². The SMILES string of the molecule is CC.CC.OC(CC1CCCC1)(C(F)(F)F)C(F)(F)F. The van der Waals surface area contributed by atoms with E-state index in [4.69, 9.17) is 5.11 Å². The van der Waals surface area contributed by atoms with Gasteiger partial charge in [0.1, 0.15) is 0 Å². The summed E-state index contributed by atoms with van der Waals surface area (Å²) >= 11 is 0. The van der Waals surface area contributed by atoms with Crippen LogP contribution in [0.2, 0.25) is 0 Å². The van der Waals surface area contributed by atoms with Crippen molar-refractivity contribution >= 4 is 0 Å². The van der Waals surface area contributed by atoms with Gasteiger partial charge in [0.05, 0.1) is 0 Å². The molecular weight excluding hydrogens is 286 g/mol. The Morgan fingerprint density at radius 3 is 1.35 bits per heavy atom. The maximum absolute atomic E-state index is 12.3. The lowest BCUT2D eigenvalue weighted by atomic mass is 9.88. The molecule has 1 rings (SSSR count). The van der Waals surface area contributed by atoms with E-state index in [0.29, 0.717) is 25.7 Å². The smallest absolute Gasteiger partial charge is 0.374 e. The van der Waals surface area contributed by atoms with E-state index >= 15 is 0 Å². The van der Waals surface area contributed by atoms with Gasteiger partial charge in [0.15, 0.2) is 0 Å². The predicted octanol–water partition coefficient (Wildman–Crippen LogP) is 5.47. The summed E-state index contributed by atoms with van der Waals surface area (Å²) in [7, 11) is 0. The van der Waals surface area contributed by atoms with Crippen LogP contribution in [0, 0.1) is 5.92 Å². The van der Waals surface area contributed by atoms with Crippen molar-refractivity contribution in [3.8, 4) is 0 Å². The Labute approximate surface area is 116 Å². The molecule has 124 valence electrons. The molecule has 0 heterocycles. The Hall–Kier alpha value is -0.460. The highest BCUT2D eigenvalue weighted by molar-refractivity contribution is 4.96. The van der Waals surface area contributed by atoms with E-state index < -0.39 is 30.3 Å². The van der Waals surface area contributed by atoms with Crippen molar-refractivity contribution in [1.82, 2.24) is 0 Å². The summed E-state index contributed by atoms with van der Waals surface area (Å²) in [5.41, 5.74) is -4.56. The minimum Gasteiger partial charge on any atom is -0.374 e. The van der Waals surface area contributed by atoms with Crippen molar-refractivity contribution in [3.05, 3.63) is 0 Å². The maximum Gasteiger partial charge on any atom is 0.426 e. The fourth-order valence-corrected chi connectivity index (χ4v) is 2.02. The number of aliphatic hydroxyl groups is 1. The van der Waals surface area contributed by atoms with E-state index in [1.807, 2.05) is 27.7 Å². The number of hydrogen-bond donors (Lipinski definition) is 1. The van der Waals surface area contributed by atoms with Gasteiger partial charge in [-0.2, -0.15) is 26.3 Å². The van der Waals surface area contributed by atoms with E-state index in [2.05, 4.69) is 0 Å². The highest BCUT2D eigenvalue weighted by atomic mass is 19.4. The first-order chi connectivity index (χ1) is 9.08. The third kappa shape index (κ3) is 5.50. The number of halogens is 6. The van der Waals surface area contributed by atoms with E-state index in [1.165, 1.54) is 0 Å². The summed E-state index contributed by atoms with van der Waals surface area (Å²) in [5, 5.41) is 8.89. The average molecular weight is 310 g/mol. The first-order valence-corrected chi connectivity index (χ1v) is 6.94. The zero-order valence-electron chi connectivity index (χ0n) is 12.3. The molecule has 0 spiro atoms. The van der Waals surface area contributed by atoms with Gasteiger partial charge in [-0.05, 0) is 12.3 Å². The fourth-order valence-electron chi connectivity index (χ4n) is 2.02. The van der Waals surface area contributed by atoms with Gasteiger partial charge in [-0.3, -0.25) is 0 Å². The van der Waals surface area contributed by atoms with Crippen LogP contribution in [0.3, 0.4) is 0 Å². The normalized spacial score (nSPS) is 16.9. The van der Waals surface area contributed by atoms with Crippen LogP contribution in [-0.2, 0) is 0 Å². The largest absolute Gasteiger partial charge is 0.426 e. The Bertz CT molecular complexity index is 226. The summed E-state index contributed by atoms with van der Waals surface area (Å²) in [5.74, 6) is -0.701. The van der Waals surface area contributed by atoms with Crippen molar-refractivity contribution in [3.63, 3.8) is 0 Å². The van der Waals surface area contributed by atoms with Gasteiger partial charge in [0, 0.05) is 0 Å². The monoisotopic (exact) mass is 310 g/mol. The molecule has 0 atom stereocenters. The second-order valence-electron chi connectivity index (χ2n) is 4.21. The highest BCUT2D eigenvalue weighted by Crippen LogP contribution is 2.48. The summed E-state index contributed by atoms with van der Waals surface area (Å²) < 4.78 is 73.7. The van der Waals surface area contributed by atoms with Gasteiger partial charge in [-0.1, -0.05) is 53.4 Å². The Balaban J connectivity index is 0. The molecule has 20 heavy (non-hydrogen) atoms. The lowest BCUT2D eigenvalue weighted by Crippen LogP contribution is -2.57. The first kappa shape index (κ1) is 21.8. The quantitative estimate of drug-likeness (QED) is 0.670. The Kier molecular flexibility index (Phi) is 9.55.